The van der Waals surface area contributed by atoms with E-state index in [1.54, 1.807) is 23.9 Å². The summed E-state index contributed by atoms with van der Waals surface area (Å²) in [6.07, 6.45) is 0.813. The zero-order valence-electron chi connectivity index (χ0n) is 10.7. The topological polar surface area (TPSA) is 55.0 Å². The Hall–Kier alpha value is -1.82. The number of rotatable bonds is 3. The van der Waals surface area contributed by atoms with Gasteiger partial charge in [-0.3, -0.25) is 4.79 Å². The van der Waals surface area contributed by atoms with Crippen LogP contribution in [0.25, 0.3) is 0 Å². The van der Waals surface area contributed by atoms with Crippen molar-refractivity contribution in [2.24, 2.45) is 0 Å². The van der Waals surface area contributed by atoms with Gasteiger partial charge in [-0.1, -0.05) is 0 Å². The zero-order valence-corrected chi connectivity index (χ0v) is 11.5. The standard InChI is InChI=1S/C14H13FN2O2S/c15-9-1-3-10(4-2-9)19-7-13-16-12-5-6-20-8-11(12)14(18)17-13/h1-4H,5-8H2,(H,16,17,18). The normalized spacial score (nSPS) is 13.8. The average molecular weight is 292 g/mol. The van der Waals surface area contributed by atoms with Crippen molar-refractivity contribution in [3.8, 4) is 5.75 Å². The highest BCUT2D eigenvalue weighted by Gasteiger charge is 2.15. The Morgan fingerprint density at radius 1 is 1.35 bits per heavy atom. The van der Waals surface area contributed by atoms with Gasteiger partial charge in [-0.05, 0) is 36.4 Å². The van der Waals surface area contributed by atoms with Crippen molar-refractivity contribution in [3.63, 3.8) is 0 Å². The van der Waals surface area contributed by atoms with Gasteiger partial charge in [-0.2, -0.15) is 11.8 Å². The number of H-pyrrole nitrogens is 1. The number of ether oxygens (including phenoxy) is 1. The van der Waals surface area contributed by atoms with Gasteiger partial charge in [0.1, 0.15) is 24.0 Å². The average Bonchev–Trinajstić information content (AvgIpc) is 2.47. The van der Waals surface area contributed by atoms with Gasteiger partial charge in [0.05, 0.1) is 5.69 Å². The summed E-state index contributed by atoms with van der Waals surface area (Å²) in [4.78, 5) is 19.1. The molecule has 0 radical (unpaired) electrons. The largest absolute Gasteiger partial charge is 0.486 e. The molecule has 0 unspecified atom stereocenters. The smallest absolute Gasteiger partial charge is 0.255 e. The van der Waals surface area contributed by atoms with Crippen molar-refractivity contribution < 1.29 is 9.13 Å². The van der Waals surface area contributed by atoms with Gasteiger partial charge >= 0.3 is 0 Å². The van der Waals surface area contributed by atoms with E-state index in [0.29, 0.717) is 11.6 Å². The van der Waals surface area contributed by atoms with Gasteiger partial charge in [-0.25, -0.2) is 9.37 Å². The summed E-state index contributed by atoms with van der Waals surface area (Å²) in [5.41, 5.74) is 1.55. The monoisotopic (exact) mass is 292 g/mol. The lowest BCUT2D eigenvalue weighted by molar-refractivity contribution is 0.294. The summed E-state index contributed by atoms with van der Waals surface area (Å²) in [5, 5.41) is 0. The molecule has 1 aliphatic heterocycles. The number of aromatic amines is 1. The van der Waals surface area contributed by atoms with Crippen LogP contribution in [-0.2, 0) is 18.8 Å². The highest BCUT2D eigenvalue weighted by molar-refractivity contribution is 7.98. The van der Waals surface area contributed by atoms with Gasteiger partial charge < -0.3 is 9.72 Å². The predicted molar refractivity (Wildman–Crippen MR) is 75.5 cm³/mol. The maximum atomic E-state index is 12.8. The fourth-order valence-electron chi connectivity index (χ4n) is 2.05. The number of nitrogens with one attached hydrogen (secondary N) is 1. The van der Waals surface area contributed by atoms with Crippen LogP contribution in [0.3, 0.4) is 0 Å². The van der Waals surface area contributed by atoms with Crippen molar-refractivity contribution in [2.75, 3.05) is 5.75 Å². The fourth-order valence-corrected chi connectivity index (χ4v) is 3.03. The Morgan fingerprint density at radius 3 is 2.95 bits per heavy atom. The van der Waals surface area contributed by atoms with E-state index in [2.05, 4.69) is 9.97 Å². The van der Waals surface area contributed by atoms with Gasteiger partial charge in [0.15, 0.2) is 0 Å². The van der Waals surface area contributed by atoms with Crippen LogP contribution in [0.5, 0.6) is 5.75 Å². The summed E-state index contributed by atoms with van der Waals surface area (Å²) in [6, 6.07) is 5.75. The first-order chi connectivity index (χ1) is 9.72. The van der Waals surface area contributed by atoms with E-state index in [9.17, 15) is 9.18 Å². The van der Waals surface area contributed by atoms with E-state index < -0.39 is 0 Å². The molecule has 0 spiro atoms. The van der Waals surface area contributed by atoms with E-state index in [1.807, 2.05) is 0 Å². The molecule has 0 saturated heterocycles. The molecule has 0 saturated carbocycles. The summed E-state index contributed by atoms with van der Waals surface area (Å²) in [6.45, 7) is 0.168. The second-order valence-electron chi connectivity index (χ2n) is 4.48. The minimum atomic E-state index is -0.310. The van der Waals surface area contributed by atoms with E-state index in [-0.39, 0.29) is 18.0 Å². The number of benzene rings is 1. The molecular formula is C14H13FN2O2S. The van der Waals surface area contributed by atoms with Crippen molar-refractivity contribution in [3.05, 3.63) is 57.5 Å². The van der Waals surface area contributed by atoms with Crippen molar-refractivity contribution in [1.29, 1.82) is 0 Å². The molecule has 2 heterocycles. The molecule has 4 nitrogen and oxygen atoms in total. The van der Waals surface area contributed by atoms with Gasteiger partial charge in [0.25, 0.3) is 5.56 Å². The zero-order chi connectivity index (χ0) is 13.9. The Bertz CT molecular complexity index is 670. The Balaban J connectivity index is 1.76. The van der Waals surface area contributed by atoms with E-state index in [0.717, 1.165) is 29.2 Å². The number of hydrogen-bond acceptors (Lipinski definition) is 4. The lowest BCUT2D eigenvalue weighted by Crippen LogP contribution is -2.23. The second-order valence-corrected chi connectivity index (χ2v) is 5.59. The fraction of sp³-hybridized carbons (Fsp3) is 0.286. The highest BCUT2D eigenvalue weighted by Crippen LogP contribution is 2.20. The third kappa shape index (κ3) is 2.85. The van der Waals surface area contributed by atoms with E-state index in [4.69, 9.17) is 4.74 Å². The van der Waals surface area contributed by atoms with Crippen molar-refractivity contribution >= 4 is 11.8 Å². The predicted octanol–water partition coefficient (Wildman–Crippen LogP) is 2.28. The Morgan fingerprint density at radius 2 is 2.15 bits per heavy atom. The van der Waals surface area contributed by atoms with Crippen LogP contribution < -0.4 is 10.3 Å². The number of nitrogens with zero attached hydrogens (tertiary/aromatic N) is 1. The first-order valence-electron chi connectivity index (χ1n) is 6.29. The molecule has 0 aliphatic carbocycles. The summed E-state index contributed by atoms with van der Waals surface area (Å²) < 4.78 is 18.3. The number of halogens is 1. The lowest BCUT2D eigenvalue weighted by atomic mass is 10.2. The molecule has 0 bridgehead atoms. The molecule has 3 rings (SSSR count). The van der Waals surface area contributed by atoms with Crippen LogP contribution in [0.15, 0.2) is 29.1 Å². The summed E-state index contributed by atoms with van der Waals surface area (Å²) in [7, 11) is 0. The first-order valence-corrected chi connectivity index (χ1v) is 7.45. The quantitative estimate of drug-likeness (QED) is 0.943. The lowest BCUT2D eigenvalue weighted by Gasteiger charge is -2.14. The summed E-state index contributed by atoms with van der Waals surface area (Å²) >= 11 is 1.74. The van der Waals surface area contributed by atoms with Crippen LogP contribution in [0.2, 0.25) is 0 Å². The summed E-state index contributed by atoms with van der Waals surface area (Å²) in [5.74, 6) is 2.45. The van der Waals surface area contributed by atoms with Crippen molar-refractivity contribution in [2.45, 2.75) is 18.8 Å². The highest BCUT2D eigenvalue weighted by atomic mass is 32.2. The molecule has 0 amide bonds. The van der Waals surface area contributed by atoms with Crippen LogP contribution in [0.1, 0.15) is 17.1 Å². The Labute approximate surface area is 119 Å². The molecular weight excluding hydrogens is 279 g/mol. The third-order valence-electron chi connectivity index (χ3n) is 3.07. The maximum Gasteiger partial charge on any atom is 0.255 e. The minimum absolute atomic E-state index is 0.0834. The molecule has 20 heavy (non-hydrogen) atoms. The molecule has 104 valence electrons. The molecule has 0 atom stereocenters. The molecule has 6 heteroatoms. The maximum absolute atomic E-state index is 12.8. The Kier molecular flexibility index (Phi) is 3.73. The SMILES string of the molecule is O=c1[nH]c(COc2ccc(F)cc2)nc2c1CSCC2. The van der Waals surface area contributed by atoms with Crippen LogP contribution in [-0.4, -0.2) is 15.7 Å². The van der Waals surface area contributed by atoms with E-state index in [1.165, 1.54) is 12.1 Å². The minimum Gasteiger partial charge on any atom is -0.486 e. The second kappa shape index (κ2) is 5.66. The number of aromatic nitrogens is 2. The first kappa shape index (κ1) is 13.2. The molecule has 1 aromatic carbocycles. The van der Waals surface area contributed by atoms with Gasteiger partial charge in [0.2, 0.25) is 0 Å². The molecule has 1 N–H and O–H groups in total. The number of hydrogen-bond donors (Lipinski definition) is 1. The van der Waals surface area contributed by atoms with Crippen LogP contribution in [0, 0.1) is 5.82 Å². The van der Waals surface area contributed by atoms with Crippen LogP contribution in [0.4, 0.5) is 4.39 Å². The third-order valence-corrected chi connectivity index (χ3v) is 4.05. The molecule has 1 aliphatic rings. The molecule has 0 fully saturated rings. The number of fused-ring (bicyclic) bond motifs is 1. The van der Waals surface area contributed by atoms with Crippen LogP contribution >= 0.6 is 11.8 Å². The number of aryl methyl sites for hydroxylation is 1. The number of thioether (sulfide) groups is 1. The van der Waals surface area contributed by atoms with Gasteiger partial charge in [0, 0.05) is 11.3 Å². The van der Waals surface area contributed by atoms with Gasteiger partial charge in [-0.15, -0.1) is 0 Å². The van der Waals surface area contributed by atoms with Crippen molar-refractivity contribution in [1.82, 2.24) is 9.97 Å². The molecule has 2 aromatic rings. The van der Waals surface area contributed by atoms with E-state index >= 15 is 0 Å². The molecule has 1 aromatic heterocycles.